The van der Waals surface area contributed by atoms with E-state index in [-0.39, 0.29) is 0 Å². The average molecular weight is 332 g/mol. The lowest BCUT2D eigenvalue weighted by molar-refractivity contribution is 0.274. The van der Waals surface area contributed by atoms with Crippen LogP contribution in [0.5, 0.6) is 0 Å². The van der Waals surface area contributed by atoms with Gasteiger partial charge in [-0.2, -0.15) is 0 Å². The molecule has 1 aromatic heterocycles. The fourth-order valence-corrected chi connectivity index (χ4v) is 3.54. The van der Waals surface area contributed by atoms with Crippen LogP contribution < -0.4 is 5.32 Å². The zero-order chi connectivity index (χ0) is 13.0. The van der Waals surface area contributed by atoms with Crippen molar-refractivity contribution in [1.29, 1.82) is 0 Å². The molecule has 1 heterocycles. The molecule has 0 bridgehead atoms. The van der Waals surface area contributed by atoms with E-state index in [0.29, 0.717) is 5.02 Å². The van der Waals surface area contributed by atoms with E-state index in [1.807, 2.05) is 6.07 Å². The molecule has 2 unspecified atom stereocenters. The van der Waals surface area contributed by atoms with Gasteiger partial charge in [-0.1, -0.05) is 37.8 Å². The number of nitrogens with one attached hydrogen (secondary N) is 1. The van der Waals surface area contributed by atoms with Crippen LogP contribution >= 0.6 is 27.5 Å². The van der Waals surface area contributed by atoms with Crippen LogP contribution in [0.15, 0.2) is 16.7 Å². The molecule has 2 atom stereocenters. The van der Waals surface area contributed by atoms with Crippen LogP contribution in [-0.4, -0.2) is 11.5 Å². The summed E-state index contributed by atoms with van der Waals surface area (Å²) in [6, 6.07) is 1.87. The Labute approximate surface area is 123 Å². The zero-order valence-electron chi connectivity index (χ0n) is 10.8. The Kier molecular flexibility index (Phi) is 5.31. The lowest BCUT2D eigenvalue weighted by Gasteiger charge is -2.26. The minimum atomic E-state index is 0.661. The van der Waals surface area contributed by atoms with Gasteiger partial charge in [-0.15, -0.1) is 0 Å². The molecule has 1 aliphatic rings. The summed E-state index contributed by atoms with van der Waals surface area (Å²) < 4.78 is 0.937. The Morgan fingerprint density at radius 1 is 1.50 bits per heavy atom. The van der Waals surface area contributed by atoms with E-state index < -0.39 is 0 Å². The minimum absolute atomic E-state index is 0.661. The quantitative estimate of drug-likeness (QED) is 0.827. The van der Waals surface area contributed by atoms with Crippen LogP contribution in [-0.2, 0) is 0 Å². The maximum atomic E-state index is 5.87. The molecule has 0 spiro atoms. The predicted octanol–water partition coefficient (Wildman–Crippen LogP) is 5.13. The van der Waals surface area contributed by atoms with Crippen LogP contribution in [0, 0.1) is 11.8 Å². The third kappa shape index (κ3) is 4.13. The number of hydrogen-bond donors (Lipinski definition) is 1. The minimum Gasteiger partial charge on any atom is -0.369 e. The summed E-state index contributed by atoms with van der Waals surface area (Å²) in [5.74, 6) is 2.68. The van der Waals surface area contributed by atoms with Crippen molar-refractivity contribution in [3.05, 3.63) is 21.8 Å². The summed E-state index contributed by atoms with van der Waals surface area (Å²) in [5.41, 5.74) is 0. The molecule has 2 nitrogen and oxygen atoms in total. The predicted molar refractivity (Wildman–Crippen MR) is 81.2 cm³/mol. The highest BCUT2D eigenvalue weighted by Gasteiger charge is 2.18. The first-order valence-corrected chi connectivity index (χ1v) is 7.87. The first-order valence-electron chi connectivity index (χ1n) is 6.70. The normalized spacial score (nSPS) is 23.9. The van der Waals surface area contributed by atoms with E-state index >= 15 is 0 Å². The molecule has 4 heteroatoms. The monoisotopic (exact) mass is 330 g/mol. The highest BCUT2D eigenvalue weighted by atomic mass is 79.9. The van der Waals surface area contributed by atoms with E-state index in [1.54, 1.807) is 6.20 Å². The first kappa shape index (κ1) is 14.1. The van der Waals surface area contributed by atoms with Gasteiger partial charge < -0.3 is 5.32 Å². The molecule has 1 aromatic rings. The van der Waals surface area contributed by atoms with Crippen molar-refractivity contribution < 1.29 is 0 Å². The van der Waals surface area contributed by atoms with Gasteiger partial charge in [0.15, 0.2) is 0 Å². The molecule has 1 aliphatic carbocycles. The van der Waals surface area contributed by atoms with Crippen molar-refractivity contribution in [2.75, 3.05) is 11.9 Å². The molecule has 0 amide bonds. The van der Waals surface area contributed by atoms with Crippen molar-refractivity contribution in [1.82, 2.24) is 4.98 Å². The van der Waals surface area contributed by atoms with Crippen molar-refractivity contribution >= 4 is 33.3 Å². The van der Waals surface area contributed by atoms with Gasteiger partial charge in [0.25, 0.3) is 0 Å². The number of nitrogens with zero attached hydrogens (tertiary/aromatic N) is 1. The summed E-state index contributed by atoms with van der Waals surface area (Å²) in [7, 11) is 0. The second-order valence-corrected chi connectivity index (χ2v) is 6.63. The highest BCUT2D eigenvalue weighted by Crippen LogP contribution is 2.31. The molecule has 100 valence electrons. The van der Waals surface area contributed by atoms with Gasteiger partial charge in [-0.3, -0.25) is 0 Å². The smallest absolute Gasteiger partial charge is 0.140 e. The highest BCUT2D eigenvalue weighted by molar-refractivity contribution is 9.10. The van der Waals surface area contributed by atoms with E-state index in [0.717, 1.165) is 28.7 Å². The molecule has 2 rings (SSSR count). The Bertz CT molecular complexity index is 397. The molecule has 0 saturated heterocycles. The Balaban J connectivity index is 1.77. The molecule has 0 radical (unpaired) electrons. The third-order valence-corrected chi connectivity index (χ3v) is 4.51. The van der Waals surface area contributed by atoms with E-state index in [9.17, 15) is 0 Å². The number of rotatable bonds is 4. The second kappa shape index (κ2) is 6.76. The summed E-state index contributed by atoms with van der Waals surface area (Å²) in [6.07, 6.45) is 8.50. The number of halogens is 2. The van der Waals surface area contributed by atoms with Gasteiger partial charge in [-0.25, -0.2) is 4.98 Å². The Morgan fingerprint density at radius 2 is 2.33 bits per heavy atom. The van der Waals surface area contributed by atoms with Gasteiger partial charge in [-0.05, 0) is 46.7 Å². The van der Waals surface area contributed by atoms with Gasteiger partial charge in [0.05, 0.1) is 9.50 Å². The van der Waals surface area contributed by atoms with Crippen LogP contribution in [0.4, 0.5) is 5.82 Å². The lowest BCUT2D eigenvalue weighted by Crippen LogP contribution is -2.17. The number of pyridine rings is 1. The topological polar surface area (TPSA) is 24.9 Å². The number of aromatic nitrogens is 1. The SMILES string of the molecule is CC1CCCC(CCNc2ncc(Cl)cc2Br)C1. The van der Waals surface area contributed by atoms with E-state index in [2.05, 4.69) is 33.2 Å². The molecule has 0 aliphatic heterocycles. The van der Waals surface area contributed by atoms with Crippen molar-refractivity contribution in [2.45, 2.75) is 39.0 Å². The van der Waals surface area contributed by atoms with Crippen LogP contribution in [0.25, 0.3) is 0 Å². The van der Waals surface area contributed by atoms with Crippen LogP contribution in [0.1, 0.15) is 39.0 Å². The molecule has 1 N–H and O–H groups in total. The molecule has 1 saturated carbocycles. The zero-order valence-corrected chi connectivity index (χ0v) is 13.1. The van der Waals surface area contributed by atoms with E-state index in [4.69, 9.17) is 11.6 Å². The Hall–Kier alpha value is -0.280. The first-order chi connectivity index (χ1) is 8.65. The van der Waals surface area contributed by atoms with Crippen LogP contribution in [0.3, 0.4) is 0 Å². The van der Waals surface area contributed by atoms with Gasteiger partial charge in [0, 0.05) is 12.7 Å². The molecule has 18 heavy (non-hydrogen) atoms. The molecular weight excluding hydrogens is 312 g/mol. The van der Waals surface area contributed by atoms with E-state index in [1.165, 1.54) is 32.1 Å². The summed E-state index contributed by atoms with van der Waals surface area (Å²) in [4.78, 5) is 4.29. The average Bonchev–Trinajstić information content (AvgIpc) is 2.32. The van der Waals surface area contributed by atoms with Crippen molar-refractivity contribution in [3.63, 3.8) is 0 Å². The summed E-state index contributed by atoms with van der Waals surface area (Å²) in [5, 5.41) is 4.05. The summed E-state index contributed by atoms with van der Waals surface area (Å²) >= 11 is 9.34. The standard InChI is InChI=1S/C14H20BrClN2/c1-10-3-2-4-11(7-10)5-6-17-14-13(15)8-12(16)9-18-14/h8-11H,2-7H2,1H3,(H,17,18). The number of hydrogen-bond acceptors (Lipinski definition) is 2. The molecule has 0 aromatic carbocycles. The van der Waals surface area contributed by atoms with Gasteiger partial charge in [0.1, 0.15) is 5.82 Å². The maximum Gasteiger partial charge on any atom is 0.140 e. The van der Waals surface area contributed by atoms with Gasteiger partial charge in [0.2, 0.25) is 0 Å². The van der Waals surface area contributed by atoms with Gasteiger partial charge >= 0.3 is 0 Å². The molecular formula is C14H20BrClN2. The fraction of sp³-hybridized carbons (Fsp3) is 0.643. The van der Waals surface area contributed by atoms with Crippen molar-refractivity contribution in [3.8, 4) is 0 Å². The third-order valence-electron chi connectivity index (χ3n) is 3.70. The molecule has 1 fully saturated rings. The second-order valence-electron chi connectivity index (χ2n) is 5.34. The Morgan fingerprint density at radius 3 is 3.06 bits per heavy atom. The summed E-state index contributed by atoms with van der Waals surface area (Å²) in [6.45, 7) is 3.36. The number of anilines is 1. The maximum absolute atomic E-state index is 5.87. The largest absolute Gasteiger partial charge is 0.369 e. The van der Waals surface area contributed by atoms with Crippen LogP contribution in [0.2, 0.25) is 5.02 Å². The lowest BCUT2D eigenvalue weighted by atomic mass is 9.81. The van der Waals surface area contributed by atoms with Crippen molar-refractivity contribution in [2.24, 2.45) is 11.8 Å². The fourth-order valence-electron chi connectivity index (χ4n) is 2.76.